The number of nitrogens with one attached hydrogen (secondary N) is 12. The fourth-order valence-corrected chi connectivity index (χ4v) is 15.8. The van der Waals surface area contributed by atoms with Gasteiger partial charge >= 0.3 is 0 Å². The SMILES string of the molecule is CC(C)CC(C)C.CC(C)CCC(C)C.CC(C)CCCC(C)C.CC(C)CCCCCNCCCC(C)C.CC(C)CCCCNCCCC(C)C.CC(C)CCCNC(C)C.CC(C)CCCNCC(C)C.CC(C)CCCNCCC(C)C.CC(C)CCCNCCCC(C)C.CC(C)CCCNCCCCCNC(C)C.CC(C)CCCNCCCCCNCC(C)C.CC(C)CCCNCCCCCNCCC(C)C. The molecule has 0 fully saturated rings. The van der Waals surface area contributed by atoms with Crippen molar-refractivity contribution in [1.82, 2.24) is 63.8 Å². The van der Waals surface area contributed by atoms with E-state index in [0.29, 0.717) is 12.1 Å². The van der Waals surface area contributed by atoms with Crippen molar-refractivity contribution in [2.45, 2.75) is 627 Å². The van der Waals surface area contributed by atoms with Gasteiger partial charge in [0.05, 0.1) is 0 Å². The monoisotopic (exact) mass is 2140 g/mol. The summed E-state index contributed by atoms with van der Waals surface area (Å²) in [6, 6.07) is 1.28. The van der Waals surface area contributed by atoms with E-state index in [1.807, 2.05) is 0 Å². The predicted octanol–water partition coefficient (Wildman–Crippen LogP) is 39.3. The molecule has 0 aromatic heterocycles. The van der Waals surface area contributed by atoms with E-state index in [4.69, 9.17) is 0 Å². The van der Waals surface area contributed by atoms with Crippen LogP contribution in [0.4, 0.5) is 0 Å². The van der Waals surface area contributed by atoms with Gasteiger partial charge in [0, 0.05) is 12.1 Å². The zero-order chi connectivity index (χ0) is 117. The van der Waals surface area contributed by atoms with Crippen LogP contribution in [0.15, 0.2) is 0 Å². The maximum atomic E-state index is 3.54. The molecule has 0 spiro atoms. The van der Waals surface area contributed by atoms with Crippen molar-refractivity contribution >= 4 is 0 Å². The van der Waals surface area contributed by atoms with Crippen LogP contribution in [-0.4, -0.2) is 156 Å². The number of unbranched alkanes of at least 4 members (excludes halogenated alkanes) is 9. The van der Waals surface area contributed by atoms with E-state index in [9.17, 15) is 0 Å². The second-order valence-electron chi connectivity index (χ2n) is 55.6. The lowest BCUT2D eigenvalue weighted by molar-refractivity contribution is 0.469. The first kappa shape index (κ1) is 174. The van der Waals surface area contributed by atoms with Crippen LogP contribution < -0.4 is 63.8 Å². The molecular formula is C138H312N12. The Balaban J connectivity index is -0.000000140. The van der Waals surface area contributed by atoms with Crippen molar-refractivity contribution in [3.05, 3.63) is 0 Å². The predicted molar refractivity (Wildman–Crippen MR) is 705 cm³/mol. The second kappa shape index (κ2) is 145. The Morgan fingerprint density at radius 3 is 0.407 bits per heavy atom. The van der Waals surface area contributed by atoms with E-state index < -0.39 is 0 Å². The van der Waals surface area contributed by atoms with Crippen molar-refractivity contribution in [3.63, 3.8) is 0 Å². The number of rotatable bonds is 90. The zero-order valence-corrected chi connectivity index (χ0v) is 115. The molecule has 0 aromatic carbocycles. The minimum Gasteiger partial charge on any atom is -0.317 e. The van der Waals surface area contributed by atoms with Gasteiger partial charge in [-0.3, -0.25) is 0 Å². The van der Waals surface area contributed by atoms with Crippen molar-refractivity contribution in [1.29, 1.82) is 0 Å². The molecule has 0 aromatic rings. The molecule has 0 unspecified atom stereocenters. The lowest BCUT2D eigenvalue weighted by Crippen LogP contribution is -2.24. The average Bonchev–Trinajstić information content (AvgIpc) is 1.12. The molecule has 0 amide bonds. The second-order valence-corrected chi connectivity index (χ2v) is 55.6. The van der Waals surface area contributed by atoms with Crippen LogP contribution in [0.2, 0.25) is 0 Å². The molecule has 0 aliphatic heterocycles. The van der Waals surface area contributed by atoms with E-state index in [1.165, 1.54) is 413 Å². The van der Waals surface area contributed by atoms with E-state index in [0.717, 1.165) is 143 Å². The highest BCUT2D eigenvalue weighted by molar-refractivity contribution is 4.65. The third-order valence-electron chi connectivity index (χ3n) is 25.5. The lowest BCUT2D eigenvalue weighted by Gasteiger charge is -2.08. The smallest absolute Gasteiger partial charge is 0.00103 e. The fraction of sp³-hybridized carbons (Fsp3) is 1.00. The lowest BCUT2D eigenvalue weighted by atomic mass is 10.0. The maximum absolute atomic E-state index is 3.54. The molecule has 0 aliphatic carbocycles. The van der Waals surface area contributed by atoms with E-state index in [2.05, 4.69) is 396 Å². The van der Waals surface area contributed by atoms with Crippen LogP contribution >= 0.6 is 0 Å². The first-order chi connectivity index (χ1) is 70.5. The molecule has 12 heteroatoms. The third-order valence-corrected chi connectivity index (χ3v) is 25.5. The summed E-state index contributed by atoms with van der Waals surface area (Å²) in [5.74, 6) is 18.8. The van der Waals surface area contributed by atoms with Crippen LogP contribution in [0.3, 0.4) is 0 Å². The van der Waals surface area contributed by atoms with E-state index in [1.54, 1.807) is 0 Å². The average molecular weight is 2140 g/mol. The Morgan fingerprint density at radius 1 is 0.0933 bits per heavy atom. The molecule has 0 bridgehead atoms. The standard InChI is InChI=1S/C16H36N2.C15H34N2.C14H32N2.C14H31N.C13H29N.C12H27N.C11H25N.C10H23N.C9H21N.C9H20.C8H18.C7H16/c1-15(2)9-8-13-17-11-6-5-7-12-18-14-10-16(3)4;1-14(2)9-8-12-16-10-6-5-7-11-17-13-15(3)4;1-13(2)9-8-11-15-10-6-5-7-12-16-14(3)4;1-13(2)9-6-5-7-11-15-12-8-10-14(3)4;1-12(2)8-5-6-10-14-11-7-9-13(3)4;1-11(2)7-5-9-13-10-6-8-12(3)4;1-10(2)6-5-8-12-9-7-11(3)4;1-9(2)6-5-7-11-8-10(3)4;1-8(2)6-5-7-10-9(3)4;1-8(2)6-5-7-9(3)4;1-7(2)5-6-8(3)4;1-6(2)5-7(3)4/h15-18H,5-14H2,1-4H3;14-17H,5-13H2,1-4H3;13-16H,5-12H2,1-4H3;13-15H,5-12H2,1-4H3;12-14H,5-11H2,1-4H3;11-13H,5-10H2,1-4H3;10-12H,5-9H2,1-4H3;9-11H,5-8H2,1-4H3;8-10H,5-7H2,1-4H3;8-9H,5-7H2,1-4H3;7-8H,5-6H2,1-4H3;6-7H,5H2,1-4H3. The zero-order valence-electron chi connectivity index (χ0n) is 115. The van der Waals surface area contributed by atoms with Gasteiger partial charge in [0.25, 0.3) is 0 Å². The largest absolute Gasteiger partial charge is 0.317 e. The summed E-state index contributed by atoms with van der Waals surface area (Å²) >= 11 is 0. The summed E-state index contributed by atoms with van der Waals surface area (Å²) in [5, 5.41) is 41.9. The Labute approximate surface area is 958 Å². The first-order valence-corrected chi connectivity index (χ1v) is 67.0. The van der Waals surface area contributed by atoms with Gasteiger partial charge in [-0.05, 0) is 473 Å². The normalized spacial score (nSPS) is 11.5. The van der Waals surface area contributed by atoms with Gasteiger partial charge in [-0.1, -0.05) is 416 Å². The Bertz CT molecular complexity index is 2040. The van der Waals surface area contributed by atoms with Crippen LogP contribution in [-0.2, 0) is 0 Å². The highest BCUT2D eigenvalue weighted by Crippen LogP contribution is 2.16. The van der Waals surface area contributed by atoms with Gasteiger partial charge in [-0.25, -0.2) is 0 Å². The number of hydrogen-bond donors (Lipinski definition) is 12. The summed E-state index contributed by atoms with van der Waals surface area (Å²) in [5.41, 5.74) is 0. The Morgan fingerprint density at radius 2 is 0.227 bits per heavy atom. The van der Waals surface area contributed by atoms with Crippen LogP contribution in [0, 0.1) is 130 Å². The van der Waals surface area contributed by atoms with Crippen molar-refractivity contribution in [2.24, 2.45) is 130 Å². The van der Waals surface area contributed by atoms with Gasteiger partial charge in [-0.15, -0.1) is 0 Å². The van der Waals surface area contributed by atoms with Crippen molar-refractivity contribution < 1.29 is 0 Å². The van der Waals surface area contributed by atoms with Crippen molar-refractivity contribution in [2.75, 3.05) is 144 Å². The van der Waals surface area contributed by atoms with Crippen LogP contribution in [0.1, 0.15) is 615 Å². The van der Waals surface area contributed by atoms with Crippen LogP contribution in [0.5, 0.6) is 0 Å². The minimum absolute atomic E-state index is 0.633. The van der Waals surface area contributed by atoms with Gasteiger partial charge in [-0.2, -0.15) is 0 Å². The summed E-state index contributed by atoms with van der Waals surface area (Å²) < 4.78 is 0. The highest BCUT2D eigenvalue weighted by atomic mass is 14.9. The third kappa shape index (κ3) is 246. The molecule has 0 aliphatic rings. The quantitative estimate of drug-likeness (QED) is 0.0264. The Hall–Kier alpha value is -0.480. The first-order valence-electron chi connectivity index (χ1n) is 67.0. The molecule has 12 nitrogen and oxygen atoms in total. The molecule has 12 N–H and O–H groups in total. The van der Waals surface area contributed by atoms with Gasteiger partial charge in [0.15, 0.2) is 0 Å². The molecule has 0 saturated heterocycles. The van der Waals surface area contributed by atoms with E-state index in [-0.39, 0.29) is 0 Å². The highest BCUT2D eigenvalue weighted by Gasteiger charge is 2.07. The molecule has 0 atom stereocenters. The Kier molecular flexibility index (Phi) is 168. The van der Waals surface area contributed by atoms with E-state index >= 15 is 0 Å². The molecular weight excluding hydrogens is 1830 g/mol. The van der Waals surface area contributed by atoms with Crippen LogP contribution in [0.25, 0.3) is 0 Å². The van der Waals surface area contributed by atoms with Gasteiger partial charge < -0.3 is 63.8 Å². The summed E-state index contributed by atoms with van der Waals surface area (Å²) in [7, 11) is 0. The van der Waals surface area contributed by atoms with Crippen molar-refractivity contribution in [3.8, 4) is 0 Å². The molecule has 150 heavy (non-hydrogen) atoms. The molecule has 0 heterocycles. The molecule has 0 radical (unpaired) electrons. The molecule has 0 saturated carbocycles. The van der Waals surface area contributed by atoms with Gasteiger partial charge in [0.1, 0.15) is 0 Å². The summed E-state index contributed by atoms with van der Waals surface area (Å²) in [4.78, 5) is 0. The van der Waals surface area contributed by atoms with Gasteiger partial charge in [0.2, 0.25) is 0 Å². The number of hydrogen-bond acceptors (Lipinski definition) is 12. The summed E-state index contributed by atoms with van der Waals surface area (Å²) in [6.45, 7) is 136. The topological polar surface area (TPSA) is 144 Å². The fourth-order valence-electron chi connectivity index (χ4n) is 15.8. The minimum atomic E-state index is 0.633. The summed E-state index contributed by atoms with van der Waals surface area (Å²) in [6.07, 6.45) is 59.4. The molecule has 0 rings (SSSR count). The maximum Gasteiger partial charge on any atom is 0.00103 e. The molecule has 924 valence electrons.